The van der Waals surface area contributed by atoms with Crippen molar-refractivity contribution >= 4 is 35.8 Å². The van der Waals surface area contributed by atoms with Crippen LogP contribution in [-0.2, 0) is 4.79 Å². The SMILES string of the molecule is CC(CN)(NC(=O)CCCNC(=O)c1ccc(Cl)cc1)C1CC1.Cl. The molecule has 0 saturated heterocycles. The van der Waals surface area contributed by atoms with Crippen LogP contribution in [0, 0.1) is 5.92 Å². The summed E-state index contributed by atoms with van der Waals surface area (Å²) in [4.78, 5) is 23.9. The van der Waals surface area contributed by atoms with Gasteiger partial charge in [0.25, 0.3) is 5.91 Å². The number of amides is 2. The Kier molecular flexibility index (Phi) is 8.00. The maximum absolute atomic E-state index is 12.0. The lowest BCUT2D eigenvalue weighted by atomic mass is 9.95. The molecule has 1 aliphatic rings. The first-order chi connectivity index (χ1) is 10.9. The van der Waals surface area contributed by atoms with Crippen molar-refractivity contribution in [1.82, 2.24) is 10.6 Å². The highest BCUT2D eigenvalue weighted by Gasteiger charge is 2.41. The van der Waals surface area contributed by atoms with Crippen LogP contribution in [0.2, 0.25) is 5.02 Å². The third-order valence-corrected chi connectivity index (χ3v) is 4.55. The van der Waals surface area contributed by atoms with E-state index >= 15 is 0 Å². The van der Waals surface area contributed by atoms with Crippen LogP contribution in [-0.4, -0.2) is 30.4 Å². The molecule has 1 atom stereocenters. The fourth-order valence-corrected chi connectivity index (χ4v) is 2.70. The summed E-state index contributed by atoms with van der Waals surface area (Å²) in [6.07, 6.45) is 3.23. The molecule has 1 saturated carbocycles. The Morgan fingerprint density at radius 1 is 1.29 bits per heavy atom. The Balaban J connectivity index is 0.00000288. The standard InChI is InChI=1S/C17H24ClN3O2.ClH/c1-17(11-19,13-6-7-13)21-15(22)3-2-10-20-16(23)12-4-8-14(18)9-5-12;/h4-5,8-9,13H,2-3,6-7,10-11,19H2,1H3,(H,20,23)(H,21,22);1H. The number of nitrogens with one attached hydrogen (secondary N) is 2. The third kappa shape index (κ3) is 5.96. The van der Waals surface area contributed by atoms with Crippen molar-refractivity contribution in [3.8, 4) is 0 Å². The predicted octanol–water partition coefficient (Wildman–Crippen LogP) is 2.52. The van der Waals surface area contributed by atoms with E-state index in [4.69, 9.17) is 17.3 Å². The second kappa shape index (κ2) is 9.25. The molecule has 1 aliphatic carbocycles. The first kappa shape index (κ1) is 20.7. The molecule has 0 spiro atoms. The van der Waals surface area contributed by atoms with E-state index in [0.717, 1.165) is 12.8 Å². The van der Waals surface area contributed by atoms with Crippen molar-refractivity contribution in [2.24, 2.45) is 11.7 Å². The minimum Gasteiger partial charge on any atom is -0.352 e. The van der Waals surface area contributed by atoms with Gasteiger partial charge in [-0.05, 0) is 56.4 Å². The molecule has 2 rings (SSSR count). The Hall–Kier alpha value is -1.30. The zero-order valence-electron chi connectivity index (χ0n) is 13.8. The van der Waals surface area contributed by atoms with Gasteiger partial charge in [0.2, 0.25) is 5.91 Å². The summed E-state index contributed by atoms with van der Waals surface area (Å²) >= 11 is 5.78. The Bertz CT molecular complexity index is 561. The van der Waals surface area contributed by atoms with Crippen molar-refractivity contribution in [2.75, 3.05) is 13.1 Å². The van der Waals surface area contributed by atoms with E-state index in [2.05, 4.69) is 10.6 Å². The van der Waals surface area contributed by atoms with Crippen LogP contribution in [0.5, 0.6) is 0 Å². The zero-order valence-corrected chi connectivity index (χ0v) is 15.4. The molecule has 24 heavy (non-hydrogen) atoms. The van der Waals surface area contributed by atoms with Crippen molar-refractivity contribution in [3.05, 3.63) is 34.9 Å². The van der Waals surface area contributed by atoms with Crippen LogP contribution in [0.1, 0.15) is 43.0 Å². The van der Waals surface area contributed by atoms with E-state index in [0.29, 0.717) is 42.4 Å². The van der Waals surface area contributed by atoms with Gasteiger partial charge in [0.05, 0.1) is 5.54 Å². The molecule has 1 aromatic carbocycles. The Morgan fingerprint density at radius 2 is 1.92 bits per heavy atom. The summed E-state index contributed by atoms with van der Waals surface area (Å²) in [5.41, 5.74) is 6.06. The normalized spacial score (nSPS) is 15.8. The summed E-state index contributed by atoms with van der Waals surface area (Å²) in [5.74, 6) is 0.332. The number of rotatable bonds is 8. The van der Waals surface area contributed by atoms with Crippen molar-refractivity contribution in [3.63, 3.8) is 0 Å². The molecule has 0 heterocycles. The van der Waals surface area contributed by atoms with Gasteiger partial charge in [0, 0.05) is 30.1 Å². The molecule has 0 bridgehead atoms. The first-order valence-corrected chi connectivity index (χ1v) is 8.37. The summed E-state index contributed by atoms with van der Waals surface area (Å²) in [6.45, 7) is 2.92. The molecule has 4 N–H and O–H groups in total. The molecule has 7 heteroatoms. The number of carbonyl (C=O) groups excluding carboxylic acids is 2. The van der Waals surface area contributed by atoms with E-state index in [1.807, 2.05) is 6.92 Å². The van der Waals surface area contributed by atoms with E-state index in [1.54, 1.807) is 24.3 Å². The average molecular weight is 374 g/mol. The molecule has 0 aromatic heterocycles. The van der Waals surface area contributed by atoms with Crippen LogP contribution in [0.15, 0.2) is 24.3 Å². The van der Waals surface area contributed by atoms with Crippen molar-refractivity contribution < 1.29 is 9.59 Å². The Morgan fingerprint density at radius 3 is 2.46 bits per heavy atom. The van der Waals surface area contributed by atoms with Gasteiger partial charge in [-0.3, -0.25) is 9.59 Å². The largest absolute Gasteiger partial charge is 0.352 e. The molecular weight excluding hydrogens is 349 g/mol. The topological polar surface area (TPSA) is 84.2 Å². The van der Waals surface area contributed by atoms with Gasteiger partial charge < -0.3 is 16.4 Å². The van der Waals surface area contributed by atoms with E-state index in [9.17, 15) is 9.59 Å². The second-order valence-corrected chi connectivity index (χ2v) is 6.75. The maximum Gasteiger partial charge on any atom is 0.251 e. The van der Waals surface area contributed by atoms with Gasteiger partial charge in [-0.15, -0.1) is 12.4 Å². The first-order valence-electron chi connectivity index (χ1n) is 7.99. The van der Waals surface area contributed by atoms with Crippen LogP contribution in [0.4, 0.5) is 0 Å². The molecule has 0 aliphatic heterocycles. The second-order valence-electron chi connectivity index (χ2n) is 6.31. The molecule has 5 nitrogen and oxygen atoms in total. The number of halogens is 2. The fraction of sp³-hybridized carbons (Fsp3) is 0.529. The third-order valence-electron chi connectivity index (χ3n) is 4.30. The number of benzene rings is 1. The van der Waals surface area contributed by atoms with Crippen LogP contribution < -0.4 is 16.4 Å². The average Bonchev–Trinajstić information content (AvgIpc) is 3.37. The highest BCUT2D eigenvalue weighted by molar-refractivity contribution is 6.30. The summed E-state index contributed by atoms with van der Waals surface area (Å²) < 4.78 is 0. The van der Waals surface area contributed by atoms with Gasteiger partial charge in [-0.25, -0.2) is 0 Å². The van der Waals surface area contributed by atoms with Gasteiger partial charge >= 0.3 is 0 Å². The zero-order chi connectivity index (χ0) is 16.9. The number of hydrogen-bond acceptors (Lipinski definition) is 3. The van der Waals surface area contributed by atoms with Gasteiger partial charge in [-0.2, -0.15) is 0 Å². The molecule has 1 aromatic rings. The van der Waals surface area contributed by atoms with Crippen LogP contribution in [0.3, 0.4) is 0 Å². The predicted molar refractivity (Wildman–Crippen MR) is 98.6 cm³/mol. The number of carbonyl (C=O) groups is 2. The maximum atomic E-state index is 12.0. The van der Waals surface area contributed by atoms with Gasteiger partial charge in [0.15, 0.2) is 0 Å². The van der Waals surface area contributed by atoms with E-state index < -0.39 is 0 Å². The fourth-order valence-electron chi connectivity index (χ4n) is 2.58. The molecule has 2 amide bonds. The number of nitrogens with two attached hydrogens (primary N) is 1. The summed E-state index contributed by atoms with van der Waals surface area (Å²) in [7, 11) is 0. The number of hydrogen-bond donors (Lipinski definition) is 3. The smallest absolute Gasteiger partial charge is 0.251 e. The highest BCUT2D eigenvalue weighted by Crippen LogP contribution is 2.38. The Labute approximate surface area is 154 Å². The highest BCUT2D eigenvalue weighted by atomic mass is 35.5. The van der Waals surface area contributed by atoms with E-state index in [1.165, 1.54) is 0 Å². The molecule has 134 valence electrons. The molecule has 0 radical (unpaired) electrons. The van der Waals surface area contributed by atoms with Crippen LogP contribution >= 0.6 is 24.0 Å². The van der Waals surface area contributed by atoms with Crippen molar-refractivity contribution in [1.29, 1.82) is 0 Å². The minimum atomic E-state index is -0.288. The van der Waals surface area contributed by atoms with Crippen LogP contribution in [0.25, 0.3) is 0 Å². The minimum absolute atomic E-state index is 0. The molecule has 1 unspecified atom stereocenters. The summed E-state index contributed by atoms with van der Waals surface area (Å²) in [6, 6.07) is 6.70. The quantitative estimate of drug-likeness (QED) is 0.612. The monoisotopic (exact) mass is 373 g/mol. The van der Waals surface area contributed by atoms with Gasteiger partial charge in [0.1, 0.15) is 0 Å². The lowest BCUT2D eigenvalue weighted by Gasteiger charge is -2.29. The summed E-state index contributed by atoms with van der Waals surface area (Å²) in [5, 5.41) is 6.43. The van der Waals surface area contributed by atoms with Crippen molar-refractivity contribution in [2.45, 2.75) is 38.1 Å². The molecular formula is C17H25Cl2N3O2. The van der Waals surface area contributed by atoms with E-state index in [-0.39, 0.29) is 29.8 Å². The lowest BCUT2D eigenvalue weighted by molar-refractivity contribution is -0.123. The molecule has 1 fully saturated rings. The lowest BCUT2D eigenvalue weighted by Crippen LogP contribution is -2.53. The van der Waals surface area contributed by atoms with Gasteiger partial charge in [-0.1, -0.05) is 11.6 Å².